The van der Waals surface area contributed by atoms with Crippen LogP contribution < -0.4 is 11.1 Å². The Morgan fingerprint density at radius 1 is 1.22 bits per heavy atom. The summed E-state index contributed by atoms with van der Waals surface area (Å²) in [5.41, 5.74) is 8.52. The Morgan fingerprint density at radius 2 is 2.00 bits per heavy atom. The van der Waals surface area contributed by atoms with Crippen molar-refractivity contribution in [3.8, 4) is 11.5 Å². The molecule has 1 aromatic carbocycles. The van der Waals surface area contributed by atoms with Gasteiger partial charge < -0.3 is 11.1 Å². The number of rotatable bonds is 4. The molecular weight excluding hydrogens is 495 g/mol. The van der Waals surface area contributed by atoms with E-state index in [1.54, 1.807) is 30.6 Å². The maximum atomic E-state index is 14.5. The summed E-state index contributed by atoms with van der Waals surface area (Å²) in [6, 6.07) is 2.94. The predicted molar refractivity (Wildman–Crippen MR) is 138 cm³/mol. The van der Waals surface area contributed by atoms with Crippen LogP contribution in [0.2, 0.25) is 5.02 Å². The number of benzene rings is 1. The smallest absolute Gasteiger partial charge is 0.240 e. The number of carbonyl (C=O) groups excluding carboxylic acids is 1. The number of nitrogen functional groups attached to an aromatic ring is 1. The number of aryl methyl sites for hydroxylation is 1. The molecule has 1 unspecified atom stereocenters. The van der Waals surface area contributed by atoms with E-state index < -0.39 is 11.2 Å². The summed E-state index contributed by atoms with van der Waals surface area (Å²) < 4.78 is 16.2. The van der Waals surface area contributed by atoms with E-state index in [1.165, 1.54) is 44.5 Å². The van der Waals surface area contributed by atoms with Gasteiger partial charge in [0.1, 0.15) is 34.9 Å². The Balaban J connectivity index is 1.44. The fourth-order valence-corrected chi connectivity index (χ4v) is 5.72. The van der Waals surface area contributed by atoms with E-state index in [9.17, 15) is 9.18 Å². The highest BCUT2D eigenvalue weighted by molar-refractivity contribution is 6.31. The van der Waals surface area contributed by atoms with Gasteiger partial charge in [-0.05, 0) is 43.4 Å². The third-order valence-corrected chi connectivity index (χ3v) is 8.16. The lowest BCUT2D eigenvalue weighted by Crippen LogP contribution is -2.33. The Labute approximate surface area is 217 Å². The topological polar surface area (TPSA) is 124 Å². The second kappa shape index (κ2) is 8.72. The molecule has 1 amide bonds. The van der Waals surface area contributed by atoms with E-state index in [0.717, 1.165) is 12.1 Å². The fourth-order valence-electron chi connectivity index (χ4n) is 5.61. The number of aromatic nitrogens is 6. The molecule has 1 saturated carbocycles. The summed E-state index contributed by atoms with van der Waals surface area (Å²) in [5.74, 6) is 0.221. The van der Waals surface area contributed by atoms with Gasteiger partial charge in [0.05, 0.1) is 22.5 Å². The van der Waals surface area contributed by atoms with E-state index >= 15 is 0 Å². The Morgan fingerprint density at radius 3 is 2.76 bits per heavy atom. The largest absolute Gasteiger partial charge is 0.383 e. The van der Waals surface area contributed by atoms with Crippen molar-refractivity contribution in [2.45, 2.75) is 57.8 Å². The van der Waals surface area contributed by atoms with E-state index in [2.05, 4.69) is 25.4 Å². The van der Waals surface area contributed by atoms with Crippen molar-refractivity contribution in [1.82, 2.24) is 29.5 Å². The zero-order chi connectivity index (χ0) is 25.9. The lowest BCUT2D eigenvalue weighted by Gasteiger charge is -2.24. The molecule has 1 aliphatic heterocycles. The minimum atomic E-state index is -1.29. The number of anilines is 2. The Bertz CT molecular complexity index is 1540. The van der Waals surface area contributed by atoms with Gasteiger partial charge in [-0.25, -0.2) is 28.8 Å². The maximum absolute atomic E-state index is 14.5. The summed E-state index contributed by atoms with van der Waals surface area (Å²) in [6.45, 7) is 3.36. The first-order valence-electron chi connectivity index (χ1n) is 12.4. The lowest BCUT2D eigenvalue weighted by molar-refractivity contribution is -0.119. The van der Waals surface area contributed by atoms with Crippen molar-refractivity contribution in [1.29, 1.82) is 0 Å². The van der Waals surface area contributed by atoms with Crippen LogP contribution in [0.4, 0.5) is 16.0 Å². The molecule has 190 valence electrons. The predicted octanol–water partition coefficient (Wildman–Crippen LogP) is 4.65. The first-order valence-corrected chi connectivity index (χ1v) is 12.8. The second-order valence-electron chi connectivity index (χ2n) is 10.1. The molecule has 0 bridgehead atoms. The highest BCUT2D eigenvalue weighted by atomic mass is 35.5. The first kappa shape index (κ1) is 23.7. The third kappa shape index (κ3) is 3.81. The lowest BCUT2D eigenvalue weighted by atomic mass is 9.77. The van der Waals surface area contributed by atoms with Gasteiger partial charge in [0, 0.05) is 0 Å². The van der Waals surface area contributed by atoms with Crippen LogP contribution in [0, 0.1) is 18.7 Å². The molecule has 11 heteroatoms. The summed E-state index contributed by atoms with van der Waals surface area (Å²) in [4.78, 5) is 31.7. The average molecular weight is 521 g/mol. The minimum Gasteiger partial charge on any atom is -0.383 e. The van der Waals surface area contributed by atoms with Gasteiger partial charge in [0.2, 0.25) is 5.91 Å². The molecule has 6 rings (SSSR count). The summed E-state index contributed by atoms with van der Waals surface area (Å²) in [6.07, 6.45) is 10.1. The molecule has 3 N–H and O–H groups in total. The van der Waals surface area contributed by atoms with Crippen molar-refractivity contribution in [2.75, 3.05) is 11.1 Å². The highest BCUT2D eigenvalue weighted by Gasteiger charge is 2.48. The molecule has 0 saturated heterocycles. The monoisotopic (exact) mass is 520 g/mol. The molecule has 3 aromatic heterocycles. The quantitative estimate of drug-likeness (QED) is 0.401. The number of amides is 1. The molecule has 0 spiro atoms. The Hall–Kier alpha value is -3.66. The van der Waals surface area contributed by atoms with Crippen molar-refractivity contribution >= 4 is 34.8 Å². The van der Waals surface area contributed by atoms with E-state index in [-0.39, 0.29) is 28.4 Å². The molecule has 37 heavy (non-hydrogen) atoms. The molecule has 1 fully saturated rings. The number of hydrogen-bond acceptors (Lipinski definition) is 7. The molecule has 1 atom stereocenters. The van der Waals surface area contributed by atoms with Gasteiger partial charge in [0.15, 0.2) is 11.5 Å². The van der Waals surface area contributed by atoms with Crippen molar-refractivity contribution in [3.63, 3.8) is 0 Å². The minimum absolute atomic E-state index is 0.0177. The number of carbonyl (C=O) groups is 1. The zero-order valence-corrected chi connectivity index (χ0v) is 21.3. The van der Waals surface area contributed by atoms with Gasteiger partial charge in [-0.2, -0.15) is 5.10 Å². The zero-order valence-electron chi connectivity index (χ0n) is 20.6. The van der Waals surface area contributed by atoms with Gasteiger partial charge in [-0.1, -0.05) is 49.8 Å². The molecule has 9 nitrogen and oxygen atoms in total. The van der Waals surface area contributed by atoms with Crippen LogP contribution in [-0.2, 0) is 16.6 Å². The normalized spacial score (nSPS) is 19.8. The molecule has 0 radical (unpaired) electrons. The number of nitrogens with one attached hydrogen (secondary N) is 1. The summed E-state index contributed by atoms with van der Waals surface area (Å²) >= 11 is 6.02. The van der Waals surface area contributed by atoms with Crippen LogP contribution >= 0.6 is 11.6 Å². The third-order valence-electron chi connectivity index (χ3n) is 7.68. The van der Waals surface area contributed by atoms with Gasteiger partial charge in [-0.3, -0.25) is 4.79 Å². The number of fused-ring (bicyclic) bond motifs is 2. The van der Waals surface area contributed by atoms with Crippen molar-refractivity contribution in [2.24, 2.45) is 5.92 Å². The molecular formula is C26H26ClFN8O. The second-order valence-corrected chi connectivity index (χ2v) is 10.5. The van der Waals surface area contributed by atoms with Gasteiger partial charge >= 0.3 is 0 Å². The molecule has 1 aliphatic carbocycles. The van der Waals surface area contributed by atoms with Gasteiger partial charge in [0.25, 0.3) is 0 Å². The van der Waals surface area contributed by atoms with Crippen LogP contribution in [0.25, 0.3) is 17.2 Å². The number of nitrogens with zero attached hydrogens (tertiary/aromatic N) is 6. The first-order chi connectivity index (χ1) is 17.8. The van der Waals surface area contributed by atoms with Crippen LogP contribution in [0.5, 0.6) is 0 Å². The van der Waals surface area contributed by atoms with E-state index in [0.29, 0.717) is 33.9 Å². The SMILES string of the molecule is Cc1cc(C2(C)C(=O)Nc3nc(-c4cn5ncnc5c(CC5CCCCC5)n4)nc(N)c32)cc(F)c1Cl. The van der Waals surface area contributed by atoms with Crippen LogP contribution in [0.1, 0.15) is 61.4 Å². The molecule has 4 heterocycles. The van der Waals surface area contributed by atoms with E-state index in [1.807, 2.05) is 0 Å². The van der Waals surface area contributed by atoms with E-state index in [4.69, 9.17) is 22.3 Å². The number of hydrogen-bond donors (Lipinski definition) is 2. The number of halogens is 2. The Kier molecular flexibility index (Phi) is 5.59. The van der Waals surface area contributed by atoms with Crippen molar-refractivity contribution < 1.29 is 9.18 Å². The summed E-state index contributed by atoms with van der Waals surface area (Å²) in [7, 11) is 0. The molecule has 4 aromatic rings. The van der Waals surface area contributed by atoms with Crippen LogP contribution in [0.3, 0.4) is 0 Å². The number of nitrogens with two attached hydrogens (primary N) is 1. The average Bonchev–Trinajstić information content (AvgIpc) is 3.46. The summed E-state index contributed by atoms with van der Waals surface area (Å²) in [5, 5.41) is 7.15. The highest BCUT2D eigenvalue weighted by Crippen LogP contribution is 2.45. The molecule has 2 aliphatic rings. The van der Waals surface area contributed by atoms with Gasteiger partial charge in [-0.15, -0.1) is 0 Å². The standard InChI is InChI=1S/C26H26ClFN8O/c1-13-8-15(10-16(28)20(13)27)26(2)19-21(29)33-22(34-23(19)35-25(26)37)18-11-36-24(30-12-31-36)17(32-18)9-14-6-4-3-5-7-14/h8,10-12,14H,3-7,9H2,1-2H3,(H3,29,33,34,35,37). The van der Waals surface area contributed by atoms with Crippen molar-refractivity contribution in [3.05, 3.63) is 57.9 Å². The van der Waals surface area contributed by atoms with Crippen LogP contribution in [-0.4, -0.2) is 35.5 Å². The maximum Gasteiger partial charge on any atom is 0.240 e. The van der Waals surface area contributed by atoms with Crippen LogP contribution in [0.15, 0.2) is 24.7 Å². The fraction of sp³-hybridized carbons (Fsp3) is 0.385.